The van der Waals surface area contributed by atoms with E-state index >= 15 is 0 Å². The van der Waals surface area contributed by atoms with Crippen LogP contribution in [0.5, 0.6) is 5.75 Å². The molecule has 0 unspecified atom stereocenters. The maximum absolute atomic E-state index is 14.3. The zero-order chi connectivity index (χ0) is 29.2. The van der Waals surface area contributed by atoms with Crippen molar-refractivity contribution in [1.29, 1.82) is 0 Å². The second-order valence-corrected chi connectivity index (χ2v) is 9.82. The van der Waals surface area contributed by atoms with Gasteiger partial charge in [-0.05, 0) is 107 Å². The Morgan fingerprint density at radius 2 is 1.17 bits per heavy atom. The van der Waals surface area contributed by atoms with Gasteiger partial charge < -0.3 is 9.72 Å². The lowest BCUT2D eigenvalue weighted by atomic mass is 9.93. The quantitative estimate of drug-likeness (QED) is 0.221. The molecule has 3 nitrogen and oxygen atoms in total. The Bertz CT molecular complexity index is 1980. The summed E-state index contributed by atoms with van der Waals surface area (Å²) in [6, 6.07) is 29.1. The summed E-state index contributed by atoms with van der Waals surface area (Å²) >= 11 is 0. The van der Waals surface area contributed by atoms with Gasteiger partial charge in [-0.25, -0.2) is 13.2 Å². The minimum atomic E-state index is -0.377. The van der Waals surface area contributed by atoms with Gasteiger partial charge in [-0.2, -0.15) is 0 Å². The number of nitrogens with one attached hydrogen (secondary N) is 1. The summed E-state index contributed by atoms with van der Waals surface area (Å²) in [5.74, 6) is -0.427. The number of aromatic amines is 1. The molecule has 0 spiro atoms. The minimum absolute atomic E-state index is 0.236. The molecule has 0 saturated heterocycles. The van der Waals surface area contributed by atoms with Gasteiger partial charge in [0.2, 0.25) is 0 Å². The first kappa shape index (κ1) is 26.8. The molecule has 0 amide bonds. The summed E-state index contributed by atoms with van der Waals surface area (Å²) < 4.78 is 46.4. The first-order chi connectivity index (χ1) is 20.4. The Kier molecular flexibility index (Phi) is 7.19. The van der Waals surface area contributed by atoms with Gasteiger partial charge in [0.05, 0.1) is 18.3 Å². The predicted octanol–water partition coefficient (Wildman–Crippen LogP) is 9.13. The summed E-state index contributed by atoms with van der Waals surface area (Å²) in [6.07, 6.45) is 3.47. The highest BCUT2D eigenvalue weighted by molar-refractivity contribution is 6.00. The van der Waals surface area contributed by atoms with Crippen LogP contribution in [-0.2, 0) is 0 Å². The van der Waals surface area contributed by atoms with Crippen LogP contribution in [0, 0.1) is 17.5 Å². The third-order valence-corrected chi connectivity index (χ3v) is 7.17. The van der Waals surface area contributed by atoms with Crippen molar-refractivity contribution in [3.05, 3.63) is 148 Å². The Morgan fingerprint density at radius 3 is 1.76 bits per heavy atom. The van der Waals surface area contributed by atoms with Crippen LogP contribution in [0.2, 0.25) is 0 Å². The van der Waals surface area contributed by atoms with Crippen molar-refractivity contribution < 1.29 is 17.9 Å². The molecule has 0 radical (unpaired) electrons. The highest BCUT2D eigenvalue weighted by atomic mass is 19.1. The predicted molar refractivity (Wildman–Crippen MR) is 163 cm³/mol. The van der Waals surface area contributed by atoms with E-state index in [9.17, 15) is 18.0 Å². The summed E-state index contributed by atoms with van der Waals surface area (Å²) in [5, 5.41) is 0.409. The highest BCUT2D eigenvalue weighted by Gasteiger charge is 2.17. The number of fused-ring (bicyclic) bond motifs is 1. The molecule has 206 valence electrons. The van der Waals surface area contributed by atoms with E-state index < -0.39 is 0 Å². The van der Waals surface area contributed by atoms with Gasteiger partial charge in [0.15, 0.2) is 5.43 Å². The molecule has 5 aromatic carbocycles. The smallest absolute Gasteiger partial charge is 0.197 e. The van der Waals surface area contributed by atoms with E-state index in [0.29, 0.717) is 44.6 Å². The van der Waals surface area contributed by atoms with Gasteiger partial charge in [0.1, 0.15) is 23.2 Å². The molecule has 1 N–H and O–H groups in total. The van der Waals surface area contributed by atoms with Gasteiger partial charge >= 0.3 is 0 Å². The van der Waals surface area contributed by atoms with Crippen LogP contribution < -0.4 is 10.2 Å². The van der Waals surface area contributed by atoms with Gasteiger partial charge in [0, 0.05) is 16.5 Å². The van der Waals surface area contributed by atoms with Crippen molar-refractivity contribution in [2.75, 3.05) is 7.11 Å². The summed E-state index contributed by atoms with van der Waals surface area (Å²) in [7, 11) is 1.58. The lowest BCUT2D eigenvalue weighted by molar-refractivity contribution is 0.415. The molecule has 0 saturated carbocycles. The monoisotopic (exact) mass is 559 g/mol. The molecule has 0 atom stereocenters. The van der Waals surface area contributed by atoms with E-state index in [4.69, 9.17) is 4.74 Å². The molecule has 0 aliphatic rings. The number of hydrogen-bond donors (Lipinski definition) is 1. The number of rotatable bonds is 6. The molecular formula is C36H24F3NO2. The van der Waals surface area contributed by atoms with Gasteiger partial charge in [-0.15, -0.1) is 0 Å². The topological polar surface area (TPSA) is 42.1 Å². The lowest BCUT2D eigenvalue weighted by Crippen LogP contribution is -2.11. The second-order valence-electron chi connectivity index (χ2n) is 9.82. The molecule has 0 bridgehead atoms. The van der Waals surface area contributed by atoms with E-state index in [0.717, 1.165) is 16.7 Å². The Labute approximate surface area is 240 Å². The lowest BCUT2D eigenvalue weighted by Gasteiger charge is -2.15. The minimum Gasteiger partial charge on any atom is -0.497 e. The van der Waals surface area contributed by atoms with E-state index in [1.165, 1.54) is 36.4 Å². The number of aromatic nitrogens is 1. The zero-order valence-corrected chi connectivity index (χ0v) is 22.5. The molecule has 1 heterocycles. The first-order valence-electron chi connectivity index (χ1n) is 13.2. The maximum Gasteiger partial charge on any atom is 0.197 e. The average molecular weight is 560 g/mol. The fraction of sp³-hybridized carbons (Fsp3) is 0.0278. The molecule has 6 rings (SSSR count). The van der Waals surface area contributed by atoms with Crippen LogP contribution in [0.1, 0.15) is 11.1 Å². The number of benzene rings is 5. The average Bonchev–Trinajstić information content (AvgIpc) is 3.02. The van der Waals surface area contributed by atoms with Crippen LogP contribution >= 0.6 is 0 Å². The number of halogens is 3. The van der Waals surface area contributed by atoms with Gasteiger partial charge in [-0.1, -0.05) is 42.5 Å². The summed E-state index contributed by atoms with van der Waals surface area (Å²) in [4.78, 5) is 17.8. The van der Waals surface area contributed by atoms with Crippen LogP contribution in [0.3, 0.4) is 0 Å². The van der Waals surface area contributed by atoms with Crippen LogP contribution in [0.15, 0.2) is 114 Å². The van der Waals surface area contributed by atoms with Crippen molar-refractivity contribution in [3.8, 4) is 39.3 Å². The van der Waals surface area contributed by atoms with Crippen molar-refractivity contribution in [2.24, 2.45) is 0 Å². The van der Waals surface area contributed by atoms with E-state index in [1.807, 2.05) is 30.3 Å². The molecule has 6 aromatic rings. The molecule has 1 aromatic heterocycles. The summed E-state index contributed by atoms with van der Waals surface area (Å²) in [6.45, 7) is 0. The SMILES string of the molecule is COc1ccc(-c2[nH]c3c(-c4ccc(F)cc4)cc(-c4ccc(F)cc4)cc3c(=O)c2/C=C/c2ccc(F)cc2)cc1. The Morgan fingerprint density at radius 1 is 0.619 bits per heavy atom. The van der Waals surface area contributed by atoms with Crippen LogP contribution in [-0.4, -0.2) is 12.1 Å². The molecule has 0 aliphatic carbocycles. The van der Waals surface area contributed by atoms with E-state index in [1.54, 1.807) is 61.7 Å². The Hall–Kier alpha value is -5.36. The second kappa shape index (κ2) is 11.3. The fourth-order valence-electron chi connectivity index (χ4n) is 4.97. The third-order valence-electron chi connectivity index (χ3n) is 7.17. The molecular weight excluding hydrogens is 535 g/mol. The van der Waals surface area contributed by atoms with Crippen molar-refractivity contribution in [1.82, 2.24) is 4.98 Å². The number of ether oxygens (including phenoxy) is 1. The zero-order valence-electron chi connectivity index (χ0n) is 22.5. The van der Waals surface area contributed by atoms with Crippen molar-refractivity contribution in [3.63, 3.8) is 0 Å². The third kappa shape index (κ3) is 5.34. The molecule has 6 heteroatoms. The highest BCUT2D eigenvalue weighted by Crippen LogP contribution is 2.35. The van der Waals surface area contributed by atoms with Crippen LogP contribution in [0.4, 0.5) is 13.2 Å². The maximum atomic E-state index is 14.3. The molecule has 0 fully saturated rings. The van der Waals surface area contributed by atoms with Crippen LogP contribution in [0.25, 0.3) is 56.6 Å². The number of methoxy groups -OCH3 is 1. The molecule has 42 heavy (non-hydrogen) atoms. The van der Waals surface area contributed by atoms with Gasteiger partial charge in [-0.3, -0.25) is 4.79 Å². The molecule has 0 aliphatic heterocycles. The van der Waals surface area contributed by atoms with E-state index in [2.05, 4.69) is 4.98 Å². The standard InChI is InChI=1S/C36H24F3NO2/c1-42-30-17-9-25(10-18-30)34-31(19-4-22-2-11-27(37)12-3-22)36(41)33-21-26(23-5-13-28(38)14-6-23)20-32(35(33)40-34)24-7-15-29(39)16-8-24/h2-21H,1H3,(H,40,41)/b19-4+. The van der Waals surface area contributed by atoms with Crippen molar-refractivity contribution in [2.45, 2.75) is 0 Å². The number of H-pyrrole nitrogens is 1. The number of pyridine rings is 1. The van der Waals surface area contributed by atoms with E-state index in [-0.39, 0.29) is 22.9 Å². The fourth-order valence-corrected chi connectivity index (χ4v) is 4.97. The Balaban J connectivity index is 1.65. The first-order valence-corrected chi connectivity index (χ1v) is 13.2. The van der Waals surface area contributed by atoms with Gasteiger partial charge in [0.25, 0.3) is 0 Å². The summed E-state index contributed by atoms with van der Waals surface area (Å²) in [5.41, 5.74) is 5.61. The number of hydrogen-bond acceptors (Lipinski definition) is 2. The normalized spacial score (nSPS) is 11.3. The van der Waals surface area contributed by atoms with Crippen molar-refractivity contribution >= 4 is 23.1 Å². The largest absolute Gasteiger partial charge is 0.497 e.